The van der Waals surface area contributed by atoms with E-state index in [-0.39, 0.29) is 23.8 Å². The summed E-state index contributed by atoms with van der Waals surface area (Å²) < 4.78 is 5.38. The van der Waals surface area contributed by atoms with Crippen molar-refractivity contribution in [1.29, 1.82) is 0 Å². The maximum Gasteiger partial charge on any atom is 0.410 e. The van der Waals surface area contributed by atoms with Crippen LogP contribution in [0.15, 0.2) is 35.5 Å². The van der Waals surface area contributed by atoms with Gasteiger partial charge in [-0.3, -0.25) is 20.4 Å². The number of thioether (sulfide) groups is 1. The second kappa shape index (κ2) is 11.5. The highest BCUT2D eigenvalue weighted by Crippen LogP contribution is 2.21. The summed E-state index contributed by atoms with van der Waals surface area (Å²) in [6, 6.07) is 9.12. The lowest BCUT2D eigenvalue weighted by atomic mass is 9.96. The van der Waals surface area contributed by atoms with Crippen molar-refractivity contribution >= 4 is 29.7 Å². The number of carbonyl (C=O) groups is 3. The highest BCUT2D eigenvalue weighted by Gasteiger charge is 2.30. The molecule has 0 spiro atoms. The Bertz CT molecular complexity index is 1040. The molecule has 1 aromatic carbocycles. The number of hydrazine groups is 1. The number of amides is 3. The molecule has 0 aliphatic carbocycles. The molecule has 35 heavy (non-hydrogen) atoms. The Balaban J connectivity index is 1.42. The van der Waals surface area contributed by atoms with E-state index in [1.54, 1.807) is 17.0 Å². The molecule has 1 fully saturated rings. The van der Waals surface area contributed by atoms with E-state index in [1.165, 1.54) is 11.8 Å². The average Bonchev–Trinajstić information content (AvgIpc) is 2.79. The van der Waals surface area contributed by atoms with Gasteiger partial charge in [0.1, 0.15) is 5.60 Å². The van der Waals surface area contributed by atoms with Crippen molar-refractivity contribution in [2.24, 2.45) is 5.92 Å². The van der Waals surface area contributed by atoms with E-state index >= 15 is 0 Å². The number of ether oxygens (including phenoxy) is 1. The number of rotatable bonds is 5. The average molecular weight is 500 g/mol. The molecule has 188 valence electrons. The second-order valence-electron chi connectivity index (χ2n) is 9.60. The molecular formula is C25H33N5O4S. The summed E-state index contributed by atoms with van der Waals surface area (Å²) >= 11 is 1.54. The highest BCUT2D eigenvalue weighted by molar-refractivity contribution is 7.98. The van der Waals surface area contributed by atoms with Gasteiger partial charge in [-0.2, -0.15) is 0 Å². The zero-order chi connectivity index (χ0) is 25.6. The first-order valence-electron chi connectivity index (χ1n) is 11.6. The Morgan fingerprint density at radius 1 is 1.03 bits per heavy atom. The molecule has 0 saturated carbocycles. The maximum absolute atomic E-state index is 12.5. The van der Waals surface area contributed by atoms with Gasteiger partial charge in [0.2, 0.25) is 5.91 Å². The summed E-state index contributed by atoms with van der Waals surface area (Å²) in [6.07, 6.45) is 0.655. The molecule has 1 aliphatic rings. The topological polar surface area (TPSA) is 114 Å². The number of benzene rings is 1. The minimum atomic E-state index is -0.554. The molecule has 1 saturated heterocycles. The van der Waals surface area contributed by atoms with E-state index in [0.717, 1.165) is 22.1 Å². The van der Waals surface area contributed by atoms with Crippen molar-refractivity contribution in [3.05, 3.63) is 52.8 Å². The van der Waals surface area contributed by atoms with Gasteiger partial charge < -0.3 is 9.64 Å². The maximum atomic E-state index is 12.5. The molecule has 0 radical (unpaired) electrons. The fourth-order valence-corrected chi connectivity index (χ4v) is 4.51. The van der Waals surface area contributed by atoms with E-state index in [2.05, 4.69) is 20.8 Å². The van der Waals surface area contributed by atoms with Crippen molar-refractivity contribution in [2.75, 3.05) is 13.1 Å². The fourth-order valence-electron chi connectivity index (χ4n) is 3.60. The summed E-state index contributed by atoms with van der Waals surface area (Å²) in [5.41, 5.74) is 7.79. The van der Waals surface area contributed by atoms with Crippen molar-refractivity contribution in [3.8, 4) is 0 Å². The highest BCUT2D eigenvalue weighted by atomic mass is 32.2. The number of nitrogens with one attached hydrogen (secondary N) is 2. The molecule has 1 aliphatic heterocycles. The van der Waals surface area contributed by atoms with Gasteiger partial charge in [-0.05, 0) is 71.2 Å². The molecule has 0 unspecified atom stereocenters. The Labute approximate surface area is 210 Å². The largest absolute Gasteiger partial charge is 0.444 e. The SMILES string of the molecule is Cc1cc(C)nc(SCc2ccc(C(=O)NNC(=O)C3CCN(C(=O)OC(C)(C)C)CC3)cc2)n1. The third-order valence-electron chi connectivity index (χ3n) is 5.36. The first kappa shape index (κ1) is 26.5. The van der Waals surface area contributed by atoms with Gasteiger partial charge in [0.15, 0.2) is 5.16 Å². The number of aryl methyl sites for hydroxylation is 2. The number of likely N-dealkylation sites (tertiary alicyclic amines) is 1. The number of hydrogen-bond donors (Lipinski definition) is 2. The van der Waals surface area contributed by atoms with Crippen LogP contribution in [0.2, 0.25) is 0 Å². The molecule has 1 aromatic heterocycles. The first-order chi connectivity index (χ1) is 16.5. The Hall–Kier alpha value is -3.14. The number of carbonyl (C=O) groups excluding carboxylic acids is 3. The standard InChI is InChI=1S/C25H33N5O4S/c1-16-14-17(2)27-23(26-16)35-15-18-6-8-19(9-7-18)21(31)28-29-22(32)20-10-12-30(13-11-20)24(33)34-25(3,4)5/h6-9,14,20H,10-13,15H2,1-5H3,(H,28,31)(H,29,32). The first-order valence-corrected chi connectivity index (χ1v) is 12.6. The predicted molar refractivity (Wildman–Crippen MR) is 134 cm³/mol. The lowest BCUT2D eigenvalue weighted by Crippen LogP contribution is -2.48. The lowest BCUT2D eigenvalue weighted by Gasteiger charge is -2.32. The smallest absolute Gasteiger partial charge is 0.410 e. The van der Waals surface area contributed by atoms with E-state index < -0.39 is 5.60 Å². The van der Waals surface area contributed by atoms with Crippen LogP contribution < -0.4 is 10.9 Å². The molecule has 2 N–H and O–H groups in total. The van der Waals surface area contributed by atoms with Gasteiger partial charge in [-0.25, -0.2) is 14.8 Å². The van der Waals surface area contributed by atoms with Gasteiger partial charge in [0.05, 0.1) is 0 Å². The van der Waals surface area contributed by atoms with E-state index in [9.17, 15) is 14.4 Å². The summed E-state index contributed by atoms with van der Waals surface area (Å²) in [5, 5.41) is 0.726. The number of aromatic nitrogens is 2. The molecule has 0 bridgehead atoms. The van der Waals surface area contributed by atoms with Crippen LogP contribution in [0.3, 0.4) is 0 Å². The van der Waals surface area contributed by atoms with E-state index in [0.29, 0.717) is 37.2 Å². The van der Waals surface area contributed by atoms with Gasteiger partial charge in [0.25, 0.3) is 5.91 Å². The van der Waals surface area contributed by atoms with Crippen LogP contribution in [0, 0.1) is 19.8 Å². The van der Waals surface area contributed by atoms with Gasteiger partial charge in [-0.1, -0.05) is 23.9 Å². The molecule has 2 heterocycles. The van der Waals surface area contributed by atoms with Crippen LogP contribution in [0.4, 0.5) is 4.79 Å². The second-order valence-corrected chi connectivity index (χ2v) is 10.5. The molecule has 3 rings (SSSR count). The van der Waals surface area contributed by atoms with Gasteiger partial charge >= 0.3 is 6.09 Å². The normalized spacial score (nSPS) is 14.4. The van der Waals surface area contributed by atoms with Crippen LogP contribution in [0.25, 0.3) is 0 Å². The van der Waals surface area contributed by atoms with Crippen LogP contribution in [-0.4, -0.2) is 51.5 Å². The summed E-state index contributed by atoms with van der Waals surface area (Å²) in [5.74, 6) is -0.241. The molecular weight excluding hydrogens is 466 g/mol. The molecule has 3 amide bonds. The Kier molecular flexibility index (Phi) is 8.71. The van der Waals surface area contributed by atoms with Gasteiger partial charge in [-0.15, -0.1) is 0 Å². The number of hydrogen-bond acceptors (Lipinski definition) is 7. The van der Waals surface area contributed by atoms with E-state index in [1.807, 2.05) is 52.8 Å². The fraction of sp³-hybridized carbons (Fsp3) is 0.480. The van der Waals surface area contributed by atoms with E-state index in [4.69, 9.17) is 4.74 Å². The zero-order valence-electron chi connectivity index (χ0n) is 20.9. The Morgan fingerprint density at radius 3 is 2.20 bits per heavy atom. The molecule has 2 aromatic rings. The summed E-state index contributed by atoms with van der Waals surface area (Å²) in [7, 11) is 0. The Morgan fingerprint density at radius 2 is 1.63 bits per heavy atom. The molecule has 9 nitrogen and oxygen atoms in total. The minimum absolute atomic E-state index is 0.261. The number of piperidine rings is 1. The third-order valence-corrected chi connectivity index (χ3v) is 6.28. The van der Waals surface area contributed by atoms with Crippen LogP contribution in [0.1, 0.15) is 60.9 Å². The quantitative estimate of drug-likeness (QED) is 0.365. The lowest BCUT2D eigenvalue weighted by molar-refractivity contribution is -0.127. The van der Waals surface area contributed by atoms with Crippen molar-refractivity contribution < 1.29 is 19.1 Å². The number of nitrogens with zero attached hydrogens (tertiary/aromatic N) is 3. The van der Waals surface area contributed by atoms with Crippen LogP contribution in [0.5, 0.6) is 0 Å². The van der Waals surface area contributed by atoms with Crippen molar-refractivity contribution in [2.45, 2.75) is 64.0 Å². The monoisotopic (exact) mass is 499 g/mol. The molecule has 0 atom stereocenters. The summed E-state index contributed by atoms with van der Waals surface area (Å²) in [4.78, 5) is 47.6. The van der Waals surface area contributed by atoms with Crippen LogP contribution in [-0.2, 0) is 15.3 Å². The minimum Gasteiger partial charge on any atom is -0.444 e. The molecule has 10 heteroatoms. The third kappa shape index (κ3) is 8.24. The van der Waals surface area contributed by atoms with Crippen molar-refractivity contribution in [1.82, 2.24) is 25.7 Å². The van der Waals surface area contributed by atoms with Gasteiger partial charge in [0, 0.05) is 41.7 Å². The zero-order valence-corrected chi connectivity index (χ0v) is 21.7. The summed E-state index contributed by atoms with van der Waals surface area (Å²) in [6.45, 7) is 10.2. The van der Waals surface area contributed by atoms with Crippen molar-refractivity contribution in [3.63, 3.8) is 0 Å². The predicted octanol–water partition coefficient (Wildman–Crippen LogP) is 3.79. The van der Waals surface area contributed by atoms with Crippen LogP contribution >= 0.6 is 11.8 Å².